The van der Waals surface area contributed by atoms with E-state index < -0.39 is 0 Å². The molecule has 4 rings (SSSR count). The Hall–Kier alpha value is -2.44. The molecule has 1 aromatic carbocycles. The summed E-state index contributed by atoms with van der Waals surface area (Å²) in [6.07, 6.45) is 6.97. The van der Waals surface area contributed by atoms with Crippen LogP contribution in [0.4, 0.5) is 11.4 Å². The van der Waals surface area contributed by atoms with Gasteiger partial charge in [0.1, 0.15) is 0 Å². The van der Waals surface area contributed by atoms with Gasteiger partial charge in [0.05, 0.1) is 33.6 Å². The van der Waals surface area contributed by atoms with Crippen molar-refractivity contribution in [3.63, 3.8) is 0 Å². The second kappa shape index (κ2) is 7.43. The Morgan fingerprint density at radius 2 is 2.08 bits per heavy atom. The average molecular weight is 369 g/mol. The summed E-state index contributed by atoms with van der Waals surface area (Å²) in [5.74, 6) is 0. The lowest BCUT2D eigenvalue weighted by atomic mass is 10.1. The first-order valence-corrected chi connectivity index (χ1v) is 9.14. The van der Waals surface area contributed by atoms with Crippen molar-refractivity contribution in [2.24, 2.45) is 0 Å². The first-order valence-electron chi connectivity index (χ1n) is 8.76. The van der Waals surface area contributed by atoms with Gasteiger partial charge in [-0.1, -0.05) is 17.7 Å². The van der Waals surface area contributed by atoms with Crippen molar-refractivity contribution in [3.8, 4) is 0 Å². The number of pyridine rings is 1. The molecule has 0 spiro atoms. The molecule has 1 aliphatic heterocycles. The SMILES string of the molecule is C[C@H]1CN(c2c(Cl)cncc2NCc2ccc3nccnc3c2)CCN1. The monoisotopic (exact) mass is 368 g/mol. The molecule has 3 heterocycles. The standard InChI is InChI=1S/C19H21ClN6/c1-13-12-26(7-6-22-13)19-15(20)10-21-11-18(19)25-9-14-2-3-16-17(8-14)24-5-4-23-16/h2-5,8,10-11,13,22,25H,6-7,9,12H2,1H3/t13-/m0/s1. The van der Waals surface area contributed by atoms with Gasteiger partial charge < -0.3 is 15.5 Å². The Balaban J connectivity index is 1.56. The zero-order valence-electron chi connectivity index (χ0n) is 14.6. The van der Waals surface area contributed by atoms with Gasteiger partial charge in [0.2, 0.25) is 0 Å². The Kier molecular flexibility index (Phi) is 4.86. The Morgan fingerprint density at radius 1 is 1.23 bits per heavy atom. The van der Waals surface area contributed by atoms with Crippen molar-refractivity contribution in [1.29, 1.82) is 0 Å². The first kappa shape index (κ1) is 17.0. The molecule has 0 amide bonds. The molecule has 26 heavy (non-hydrogen) atoms. The number of fused-ring (bicyclic) bond motifs is 1. The molecule has 0 radical (unpaired) electrons. The third-order valence-electron chi connectivity index (χ3n) is 4.57. The molecule has 0 unspecified atom stereocenters. The number of hydrogen-bond donors (Lipinski definition) is 2. The van der Waals surface area contributed by atoms with Crippen molar-refractivity contribution in [2.45, 2.75) is 19.5 Å². The number of benzene rings is 1. The number of halogens is 1. The van der Waals surface area contributed by atoms with Crippen LogP contribution in [0.2, 0.25) is 5.02 Å². The fourth-order valence-electron chi connectivity index (χ4n) is 3.33. The number of nitrogens with one attached hydrogen (secondary N) is 2. The predicted octanol–water partition coefficient (Wildman–Crippen LogP) is 3.09. The van der Waals surface area contributed by atoms with Crippen molar-refractivity contribution >= 4 is 34.0 Å². The fourth-order valence-corrected chi connectivity index (χ4v) is 3.61. The summed E-state index contributed by atoms with van der Waals surface area (Å²) in [6, 6.07) is 6.54. The lowest BCUT2D eigenvalue weighted by molar-refractivity contribution is 0.485. The van der Waals surface area contributed by atoms with Gasteiger partial charge in [-0.2, -0.15) is 0 Å². The number of nitrogens with zero attached hydrogens (tertiary/aromatic N) is 4. The van der Waals surface area contributed by atoms with E-state index in [1.165, 1.54) is 0 Å². The van der Waals surface area contributed by atoms with Crippen molar-refractivity contribution < 1.29 is 0 Å². The molecular formula is C19H21ClN6. The van der Waals surface area contributed by atoms with E-state index in [2.05, 4.69) is 49.5 Å². The van der Waals surface area contributed by atoms with E-state index in [1.807, 2.05) is 12.3 Å². The minimum atomic E-state index is 0.430. The summed E-state index contributed by atoms with van der Waals surface area (Å²) in [7, 11) is 0. The molecule has 0 saturated carbocycles. The van der Waals surface area contributed by atoms with E-state index in [-0.39, 0.29) is 0 Å². The zero-order chi connectivity index (χ0) is 17.9. The maximum Gasteiger partial charge on any atom is 0.0890 e. The van der Waals surface area contributed by atoms with Gasteiger partial charge in [-0.05, 0) is 24.6 Å². The molecule has 1 fully saturated rings. The summed E-state index contributed by atoms with van der Waals surface area (Å²) in [5, 5.41) is 7.63. The number of rotatable bonds is 4. The molecule has 2 N–H and O–H groups in total. The van der Waals surface area contributed by atoms with Gasteiger partial charge in [0.15, 0.2) is 0 Å². The molecule has 7 heteroatoms. The Bertz CT molecular complexity index is 915. The van der Waals surface area contributed by atoms with E-state index in [0.29, 0.717) is 17.6 Å². The highest BCUT2D eigenvalue weighted by Gasteiger charge is 2.21. The highest BCUT2D eigenvalue weighted by Crippen LogP contribution is 2.34. The quantitative estimate of drug-likeness (QED) is 0.737. The van der Waals surface area contributed by atoms with Gasteiger partial charge in [0.25, 0.3) is 0 Å². The van der Waals surface area contributed by atoms with Crippen LogP contribution in [0.3, 0.4) is 0 Å². The van der Waals surface area contributed by atoms with Gasteiger partial charge in [-0.15, -0.1) is 0 Å². The molecule has 0 aliphatic carbocycles. The normalized spacial score (nSPS) is 17.5. The number of piperazine rings is 1. The molecular weight excluding hydrogens is 348 g/mol. The Labute approximate surface area is 157 Å². The zero-order valence-corrected chi connectivity index (χ0v) is 15.4. The first-order chi connectivity index (χ1) is 12.7. The molecule has 1 atom stereocenters. The fraction of sp³-hybridized carbons (Fsp3) is 0.316. The largest absolute Gasteiger partial charge is 0.378 e. The van der Waals surface area contributed by atoms with Crippen LogP contribution in [0.25, 0.3) is 11.0 Å². The number of hydrogen-bond acceptors (Lipinski definition) is 6. The van der Waals surface area contributed by atoms with Crippen LogP contribution in [-0.4, -0.2) is 40.6 Å². The van der Waals surface area contributed by atoms with Crippen molar-refractivity contribution in [3.05, 3.63) is 53.6 Å². The summed E-state index contributed by atoms with van der Waals surface area (Å²) in [5.41, 5.74) is 4.90. The van der Waals surface area contributed by atoms with Crippen LogP contribution in [0.5, 0.6) is 0 Å². The summed E-state index contributed by atoms with van der Waals surface area (Å²) >= 11 is 6.49. The highest BCUT2D eigenvalue weighted by atomic mass is 35.5. The molecule has 134 valence electrons. The van der Waals surface area contributed by atoms with Gasteiger partial charge >= 0.3 is 0 Å². The van der Waals surface area contributed by atoms with Crippen molar-refractivity contribution in [1.82, 2.24) is 20.3 Å². The van der Waals surface area contributed by atoms with E-state index in [4.69, 9.17) is 11.6 Å². The van der Waals surface area contributed by atoms with E-state index in [0.717, 1.165) is 47.6 Å². The van der Waals surface area contributed by atoms with E-state index in [1.54, 1.807) is 18.6 Å². The summed E-state index contributed by atoms with van der Waals surface area (Å²) in [6.45, 7) is 5.65. The molecule has 1 saturated heterocycles. The highest BCUT2D eigenvalue weighted by molar-refractivity contribution is 6.33. The molecule has 6 nitrogen and oxygen atoms in total. The molecule has 1 aliphatic rings. The van der Waals surface area contributed by atoms with E-state index in [9.17, 15) is 0 Å². The summed E-state index contributed by atoms with van der Waals surface area (Å²) < 4.78 is 0. The maximum absolute atomic E-state index is 6.49. The third-order valence-corrected chi connectivity index (χ3v) is 4.85. The second-order valence-electron chi connectivity index (χ2n) is 6.55. The smallest absolute Gasteiger partial charge is 0.0890 e. The van der Waals surface area contributed by atoms with Gasteiger partial charge in [0, 0.05) is 50.8 Å². The maximum atomic E-state index is 6.49. The number of anilines is 2. The minimum absolute atomic E-state index is 0.430. The van der Waals surface area contributed by atoms with E-state index >= 15 is 0 Å². The lowest BCUT2D eigenvalue weighted by Crippen LogP contribution is -2.49. The molecule has 2 aromatic heterocycles. The third kappa shape index (κ3) is 3.57. The molecule has 3 aromatic rings. The topological polar surface area (TPSA) is 66.0 Å². The van der Waals surface area contributed by atoms with Crippen LogP contribution in [0, 0.1) is 0 Å². The van der Waals surface area contributed by atoms with Crippen molar-refractivity contribution in [2.75, 3.05) is 29.9 Å². The minimum Gasteiger partial charge on any atom is -0.378 e. The Morgan fingerprint density at radius 3 is 2.92 bits per heavy atom. The predicted molar refractivity (Wildman–Crippen MR) is 106 cm³/mol. The van der Waals surface area contributed by atoms with Crippen LogP contribution < -0.4 is 15.5 Å². The van der Waals surface area contributed by atoms with Crippen LogP contribution >= 0.6 is 11.6 Å². The second-order valence-corrected chi connectivity index (χ2v) is 6.96. The van der Waals surface area contributed by atoms with Crippen LogP contribution in [-0.2, 0) is 6.54 Å². The summed E-state index contributed by atoms with van der Waals surface area (Å²) in [4.78, 5) is 15.3. The molecule has 0 bridgehead atoms. The lowest BCUT2D eigenvalue weighted by Gasteiger charge is -2.35. The average Bonchev–Trinajstić information content (AvgIpc) is 2.66. The van der Waals surface area contributed by atoms with Gasteiger partial charge in [-0.25, -0.2) is 0 Å². The van der Waals surface area contributed by atoms with Crippen LogP contribution in [0.1, 0.15) is 12.5 Å². The van der Waals surface area contributed by atoms with Gasteiger partial charge in [-0.3, -0.25) is 15.0 Å². The van der Waals surface area contributed by atoms with Crippen LogP contribution in [0.15, 0.2) is 43.0 Å². The number of aromatic nitrogens is 3.